The highest BCUT2D eigenvalue weighted by atomic mass is 15.0. The van der Waals surface area contributed by atoms with E-state index in [4.69, 9.17) is 0 Å². The molecule has 2 aliphatic rings. The molecule has 3 rings (SSSR count). The van der Waals surface area contributed by atoms with Crippen molar-refractivity contribution in [1.82, 2.24) is 10.6 Å². The SMILES string of the molecule is CCC1CCC(NCC2CCCCC2NCc2ccccc2)CC1. The third kappa shape index (κ3) is 5.32. The first-order valence-electron chi connectivity index (χ1n) is 10.4. The molecule has 2 fully saturated rings. The predicted molar refractivity (Wildman–Crippen MR) is 103 cm³/mol. The van der Waals surface area contributed by atoms with Gasteiger partial charge in [0.2, 0.25) is 0 Å². The fourth-order valence-corrected chi connectivity index (χ4v) is 4.66. The molecule has 0 heterocycles. The zero-order valence-corrected chi connectivity index (χ0v) is 15.5. The third-order valence-corrected chi connectivity index (χ3v) is 6.41. The Morgan fingerprint density at radius 1 is 0.875 bits per heavy atom. The monoisotopic (exact) mass is 328 g/mol. The van der Waals surface area contributed by atoms with E-state index >= 15 is 0 Å². The summed E-state index contributed by atoms with van der Waals surface area (Å²) in [6.07, 6.45) is 12.6. The van der Waals surface area contributed by atoms with Gasteiger partial charge in [-0.05, 0) is 62.5 Å². The summed E-state index contributed by atoms with van der Waals surface area (Å²) >= 11 is 0. The van der Waals surface area contributed by atoms with Gasteiger partial charge in [-0.1, -0.05) is 56.5 Å². The van der Waals surface area contributed by atoms with Crippen molar-refractivity contribution >= 4 is 0 Å². The van der Waals surface area contributed by atoms with Crippen LogP contribution in [-0.2, 0) is 6.54 Å². The summed E-state index contributed by atoms with van der Waals surface area (Å²) < 4.78 is 0. The summed E-state index contributed by atoms with van der Waals surface area (Å²) in [5, 5.41) is 7.78. The van der Waals surface area contributed by atoms with Crippen molar-refractivity contribution in [2.24, 2.45) is 11.8 Å². The summed E-state index contributed by atoms with van der Waals surface area (Å²) in [5.41, 5.74) is 1.41. The van der Waals surface area contributed by atoms with Gasteiger partial charge in [-0.2, -0.15) is 0 Å². The molecule has 0 saturated heterocycles. The van der Waals surface area contributed by atoms with Gasteiger partial charge in [0.05, 0.1) is 0 Å². The molecule has 24 heavy (non-hydrogen) atoms. The van der Waals surface area contributed by atoms with Crippen molar-refractivity contribution in [2.45, 2.75) is 83.3 Å². The molecule has 0 aromatic heterocycles. The molecule has 2 N–H and O–H groups in total. The Labute approximate surface area is 148 Å². The molecule has 0 aliphatic heterocycles. The maximum absolute atomic E-state index is 3.92. The van der Waals surface area contributed by atoms with Crippen molar-refractivity contribution in [2.75, 3.05) is 6.54 Å². The van der Waals surface area contributed by atoms with E-state index in [1.165, 1.54) is 69.9 Å². The van der Waals surface area contributed by atoms with Crippen molar-refractivity contribution in [1.29, 1.82) is 0 Å². The second-order valence-corrected chi connectivity index (χ2v) is 8.05. The van der Waals surface area contributed by atoms with Gasteiger partial charge >= 0.3 is 0 Å². The summed E-state index contributed by atoms with van der Waals surface area (Å²) in [6, 6.07) is 12.3. The molecule has 0 bridgehead atoms. The minimum atomic E-state index is 0.693. The quantitative estimate of drug-likeness (QED) is 0.744. The first kappa shape index (κ1) is 17.9. The summed E-state index contributed by atoms with van der Waals surface area (Å²) in [5.74, 6) is 1.81. The zero-order valence-electron chi connectivity index (χ0n) is 15.5. The van der Waals surface area contributed by atoms with Crippen LogP contribution in [0.15, 0.2) is 30.3 Å². The Hall–Kier alpha value is -0.860. The highest BCUT2D eigenvalue weighted by molar-refractivity contribution is 5.14. The van der Waals surface area contributed by atoms with Crippen LogP contribution in [0.1, 0.15) is 70.3 Å². The molecule has 2 atom stereocenters. The molecule has 2 saturated carbocycles. The van der Waals surface area contributed by atoms with Gasteiger partial charge in [0, 0.05) is 18.6 Å². The molecule has 2 unspecified atom stereocenters. The van der Waals surface area contributed by atoms with Gasteiger partial charge in [-0.25, -0.2) is 0 Å². The Kier molecular flexibility index (Phi) is 7.16. The van der Waals surface area contributed by atoms with E-state index in [0.29, 0.717) is 6.04 Å². The molecule has 134 valence electrons. The van der Waals surface area contributed by atoms with Gasteiger partial charge in [-0.15, -0.1) is 0 Å². The van der Waals surface area contributed by atoms with E-state index in [-0.39, 0.29) is 0 Å². The number of nitrogens with one attached hydrogen (secondary N) is 2. The highest BCUT2D eigenvalue weighted by Crippen LogP contribution is 2.28. The lowest BCUT2D eigenvalue weighted by molar-refractivity contribution is 0.225. The summed E-state index contributed by atoms with van der Waals surface area (Å²) in [6.45, 7) is 4.58. The van der Waals surface area contributed by atoms with Gasteiger partial charge in [0.15, 0.2) is 0 Å². The van der Waals surface area contributed by atoms with Crippen molar-refractivity contribution < 1.29 is 0 Å². The standard InChI is InChI=1S/C22H36N2/c1-2-18-12-14-21(15-13-18)23-17-20-10-6-7-11-22(20)24-16-19-8-4-3-5-9-19/h3-5,8-9,18,20-24H,2,6-7,10-17H2,1H3. The summed E-state index contributed by atoms with van der Waals surface area (Å²) in [4.78, 5) is 0. The fourth-order valence-electron chi connectivity index (χ4n) is 4.66. The van der Waals surface area contributed by atoms with E-state index in [2.05, 4.69) is 47.9 Å². The molecule has 2 heteroatoms. The molecule has 0 radical (unpaired) electrons. The Bertz CT molecular complexity index is 450. The van der Waals surface area contributed by atoms with Crippen LogP contribution < -0.4 is 10.6 Å². The largest absolute Gasteiger partial charge is 0.314 e. The first-order chi connectivity index (χ1) is 11.8. The van der Waals surface area contributed by atoms with Crippen molar-refractivity contribution in [3.05, 3.63) is 35.9 Å². The van der Waals surface area contributed by atoms with E-state index in [0.717, 1.165) is 24.4 Å². The summed E-state index contributed by atoms with van der Waals surface area (Å²) in [7, 11) is 0. The first-order valence-corrected chi connectivity index (χ1v) is 10.4. The molecule has 0 spiro atoms. The fraction of sp³-hybridized carbons (Fsp3) is 0.727. The maximum atomic E-state index is 3.92. The lowest BCUT2D eigenvalue weighted by atomic mass is 9.82. The smallest absolute Gasteiger partial charge is 0.0208 e. The number of hydrogen-bond donors (Lipinski definition) is 2. The number of hydrogen-bond acceptors (Lipinski definition) is 2. The molecule has 1 aromatic carbocycles. The van der Waals surface area contributed by atoms with Gasteiger partial charge in [0.25, 0.3) is 0 Å². The lowest BCUT2D eigenvalue weighted by Gasteiger charge is -2.35. The molecular formula is C22H36N2. The minimum absolute atomic E-state index is 0.693. The van der Waals surface area contributed by atoms with Crippen LogP contribution in [0.2, 0.25) is 0 Å². The zero-order chi connectivity index (χ0) is 16.6. The molecular weight excluding hydrogens is 292 g/mol. The molecule has 1 aromatic rings. The van der Waals surface area contributed by atoms with Crippen molar-refractivity contribution in [3.63, 3.8) is 0 Å². The molecule has 0 amide bonds. The van der Waals surface area contributed by atoms with Crippen LogP contribution in [0.5, 0.6) is 0 Å². The van der Waals surface area contributed by atoms with Gasteiger partial charge in [-0.3, -0.25) is 0 Å². The highest BCUT2D eigenvalue weighted by Gasteiger charge is 2.26. The van der Waals surface area contributed by atoms with E-state index in [9.17, 15) is 0 Å². The second kappa shape index (κ2) is 9.58. The lowest BCUT2D eigenvalue weighted by Crippen LogP contribution is -2.45. The number of rotatable bonds is 7. The average Bonchev–Trinajstić information content (AvgIpc) is 2.66. The van der Waals surface area contributed by atoms with E-state index < -0.39 is 0 Å². The second-order valence-electron chi connectivity index (χ2n) is 8.05. The van der Waals surface area contributed by atoms with Crippen LogP contribution in [0.3, 0.4) is 0 Å². The van der Waals surface area contributed by atoms with Crippen LogP contribution in [0.25, 0.3) is 0 Å². The normalized spacial score (nSPS) is 31.0. The van der Waals surface area contributed by atoms with E-state index in [1.807, 2.05) is 0 Å². The van der Waals surface area contributed by atoms with E-state index in [1.54, 1.807) is 0 Å². The molecule has 2 aliphatic carbocycles. The van der Waals surface area contributed by atoms with Gasteiger partial charge < -0.3 is 10.6 Å². The molecule has 2 nitrogen and oxygen atoms in total. The predicted octanol–water partition coefficient (Wildman–Crippen LogP) is 4.89. The van der Waals surface area contributed by atoms with Crippen LogP contribution in [-0.4, -0.2) is 18.6 Å². The van der Waals surface area contributed by atoms with Crippen LogP contribution in [0, 0.1) is 11.8 Å². The Balaban J connectivity index is 1.42. The van der Waals surface area contributed by atoms with Crippen LogP contribution >= 0.6 is 0 Å². The Morgan fingerprint density at radius 3 is 2.38 bits per heavy atom. The maximum Gasteiger partial charge on any atom is 0.0208 e. The minimum Gasteiger partial charge on any atom is -0.314 e. The average molecular weight is 329 g/mol. The third-order valence-electron chi connectivity index (χ3n) is 6.41. The van der Waals surface area contributed by atoms with Gasteiger partial charge in [0.1, 0.15) is 0 Å². The number of benzene rings is 1. The van der Waals surface area contributed by atoms with Crippen molar-refractivity contribution in [3.8, 4) is 0 Å². The van der Waals surface area contributed by atoms with Crippen LogP contribution in [0.4, 0.5) is 0 Å². The topological polar surface area (TPSA) is 24.1 Å². The Morgan fingerprint density at radius 2 is 1.62 bits per heavy atom.